The Morgan fingerprint density at radius 2 is 1.11 bits per heavy atom. The zero-order valence-corrected chi connectivity index (χ0v) is 14.7. The molecule has 0 N–H and O–H groups in total. The summed E-state index contributed by atoms with van der Waals surface area (Å²) < 4.78 is 0. The second kappa shape index (κ2) is 10.9. The third-order valence-corrected chi connectivity index (χ3v) is 4.93. The Labute approximate surface area is 118 Å². The van der Waals surface area contributed by atoms with E-state index in [4.69, 9.17) is 0 Å². The molecule has 0 fully saturated rings. The Morgan fingerprint density at radius 1 is 0.667 bits per heavy atom. The van der Waals surface area contributed by atoms with Crippen LogP contribution in [-0.4, -0.2) is 0 Å². The van der Waals surface area contributed by atoms with Crippen molar-refractivity contribution in [3.8, 4) is 0 Å². The van der Waals surface area contributed by atoms with Crippen molar-refractivity contribution in [1.82, 2.24) is 0 Å². The van der Waals surface area contributed by atoms with Crippen molar-refractivity contribution < 1.29 is 0 Å². The minimum Gasteiger partial charge on any atom is -0.0683 e. The van der Waals surface area contributed by atoms with E-state index < -0.39 is 0 Å². The van der Waals surface area contributed by atoms with Gasteiger partial charge in [0.1, 0.15) is 0 Å². The quantitative estimate of drug-likeness (QED) is 0.382. The molecule has 112 valence electrons. The molecule has 1 atom stereocenters. The van der Waals surface area contributed by atoms with E-state index in [1.807, 2.05) is 13.8 Å². The predicted octanol–water partition coefficient (Wildman–Crippen LogP) is 7.23. The first-order valence-corrected chi connectivity index (χ1v) is 8.43. The van der Waals surface area contributed by atoms with Gasteiger partial charge in [-0.25, -0.2) is 0 Å². The van der Waals surface area contributed by atoms with Crippen LogP contribution in [0.15, 0.2) is 0 Å². The van der Waals surface area contributed by atoms with Gasteiger partial charge in [0.15, 0.2) is 0 Å². The molecule has 0 spiro atoms. The average molecular weight is 257 g/mol. The van der Waals surface area contributed by atoms with Crippen LogP contribution in [0.2, 0.25) is 0 Å². The largest absolute Gasteiger partial charge is 0.0683 e. The highest BCUT2D eigenvalue weighted by molar-refractivity contribution is 4.88. The fourth-order valence-electron chi connectivity index (χ4n) is 2.56. The lowest BCUT2D eigenvalue weighted by Crippen LogP contribution is -2.34. The second-order valence-electron chi connectivity index (χ2n) is 6.36. The third-order valence-electron chi connectivity index (χ3n) is 4.93. The minimum atomic E-state index is 0.496. The lowest BCUT2D eigenvalue weighted by Gasteiger charge is -2.45. The van der Waals surface area contributed by atoms with Crippen molar-refractivity contribution in [1.29, 1.82) is 0 Å². The minimum absolute atomic E-state index is 0.496. The molecular formula is C18H40. The van der Waals surface area contributed by atoms with E-state index >= 15 is 0 Å². The number of rotatable bonds is 9. The van der Waals surface area contributed by atoms with E-state index in [0.717, 1.165) is 0 Å². The highest BCUT2D eigenvalue weighted by Gasteiger charge is 2.38. The first-order valence-electron chi connectivity index (χ1n) is 8.43. The monoisotopic (exact) mass is 256 g/mol. The molecule has 0 aliphatic heterocycles. The van der Waals surface area contributed by atoms with E-state index in [9.17, 15) is 0 Å². The lowest BCUT2D eigenvalue weighted by molar-refractivity contribution is 0.0569. The van der Waals surface area contributed by atoms with Gasteiger partial charge in [0.2, 0.25) is 0 Å². The molecule has 0 aliphatic carbocycles. The molecule has 0 amide bonds. The van der Waals surface area contributed by atoms with Gasteiger partial charge < -0.3 is 0 Å². The Kier molecular flexibility index (Phi) is 12.3. The fourth-order valence-corrected chi connectivity index (χ4v) is 2.56. The maximum absolute atomic E-state index is 2.53. The Morgan fingerprint density at radius 3 is 1.50 bits per heavy atom. The lowest BCUT2D eigenvalue weighted by atomic mass is 9.60. The summed E-state index contributed by atoms with van der Waals surface area (Å²) in [5, 5.41) is 0. The maximum Gasteiger partial charge on any atom is -0.0275 e. The Hall–Kier alpha value is 0. The molecule has 0 heteroatoms. The van der Waals surface area contributed by atoms with Gasteiger partial charge in [-0.3, -0.25) is 0 Å². The third kappa shape index (κ3) is 6.81. The van der Waals surface area contributed by atoms with Gasteiger partial charge in [0, 0.05) is 0 Å². The molecule has 0 aromatic carbocycles. The van der Waals surface area contributed by atoms with E-state index in [2.05, 4.69) is 41.5 Å². The summed E-state index contributed by atoms with van der Waals surface area (Å²) in [6.45, 7) is 18.4. The Balaban J connectivity index is 0. The topological polar surface area (TPSA) is 0 Å². The molecule has 0 aliphatic rings. The number of hydrogen-bond donors (Lipinski definition) is 0. The van der Waals surface area contributed by atoms with Crippen LogP contribution in [-0.2, 0) is 0 Å². The van der Waals surface area contributed by atoms with Crippen molar-refractivity contribution >= 4 is 0 Å². The van der Waals surface area contributed by atoms with Crippen LogP contribution >= 0.6 is 0 Å². The van der Waals surface area contributed by atoms with E-state index in [-0.39, 0.29) is 0 Å². The summed E-state index contributed by atoms with van der Waals surface area (Å²) in [5.41, 5.74) is 1.04. The summed E-state index contributed by atoms with van der Waals surface area (Å²) in [4.78, 5) is 0. The molecule has 0 rings (SSSR count). The SMILES string of the molecule is CC.CCCCCC(C)(CCCC)C(C)(C)CC. The van der Waals surface area contributed by atoms with Gasteiger partial charge in [-0.1, -0.05) is 93.9 Å². The molecule has 0 saturated carbocycles. The summed E-state index contributed by atoms with van der Waals surface area (Å²) in [6, 6.07) is 0. The second-order valence-corrected chi connectivity index (χ2v) is 6.36. The molecule has 18 heavy (non-hydrogen) atoms. The van der Waals surface area contributed by atoms with Crippen LogP contribution in [0.1, 0.15) is 107 Å². The molecule has 0 bridgehead atoms. The summed E-state index contributed by atoms with van der Waals surface area (Å²) in [5.74, 6) is 0. The molecular weight excluding hydrogens is 216 g/mol. The van der Waals surface area contributed by atoms with Gasteiger partial charge in [0.05, 0.1) is 0 Å². The molecule has 0 saturated heterocycles. The molecule has 0 aromatic heterocycles. The van der Waals surface area contributed by atoms with Gasteiger partial charge in [-0.15, -0.1) is 0 Å². The summed E-state index contributed by atoms with van der Waals surface area (Å²) >= 11 is 0. The van der Waals surface area contributed by atoms with Crippen LogP contribution in [0.3, 0.4) is 0 Å². The van der Waals surface area contributed by atoms with Crippen LogP contribution in [0.4, 0.5) is 0 Å². The Bertz CT molecular complexity index is 169. The number of unbranched alkanes of at least 4 members (excludes halogenated alkanes) is 3. The number of hydrogen-bond acceptors (Lipinski definition) is 0. The van der Waals surface area contributed by atoms with Gasteiger partial charge in [0.25, 0.3) is 0 Å². The smallest absolute Gasteiger partial charge is 0.0275 e. The fraction of sp³-hybridized carbons (Fsp3) is 1.00. The predicted molar refractivity (Wildman–Crippen MR) is 87.2 cm³/mol. The molecule has 0 aromatic rings. The average Bonchev–Trinajstić information content (AvgIpc) is 2.38. The van der Waals surface area contributed by atoms with Gasteiger partial charge in [-0.05, 0) is 23.7 Å². The van der Waals surface area contributed by atoms with E-state index in [0.29, 0.717) is 10.8 Å². The summed E-state index contributed by atoms with van der Waals surface area (Å²) in [6.07, 6.45) is 11.0. The van der Waals surface area contributed by atoms with E-state index in [1.165, 1.54) is 51.4 Å². The zero-order valence-electron chi connectivity index (χ0n) is 14.7. The first-order chi connectivity index (χ1) is 8.43. The summed E-state index contributed by atoms with van der Waals surface area (Å²) in [7, 11) is 0. The van der Waals surface area contributed by atoms with Gasteiger partial charge in [-0.2, -0.15) is 0 Å². The first kappa shape index (κ1) is 20.3. The molecule has 0 heterocycles. The van der Waals surface area contributed by atoms with Crippen molar-refractivity contribution in [2.45, 2.75) is 107 Å². The van der Waals surface area contributed by atoms with Crippen LogP contribution in [0.5, 0.6) is 0 Å². The highest BCUT2D eigenvalue weighted by atomic mass is 14.4. The molecule has 0 nitrogen and oxygen atoms in total. The molecule has 0 radical (unpaired) electrons. The van der Waals surface area contributed by atoms with Crippen molar-refractivity contribution in [2.24, 2.45) is 10.8 Å². The standard InChI is InChI=1S/C16H34.C2H6/c1-7-10-12-14-16(6,13-11-8-2)15(4,5)9-3;1-2/h7-14H2,1-6H3;1-2H3. The highest BCUT2D eigenvalue weighted by Crippen LogP contribution is 2.48. The van der Waals surface area contributed by atoms with Crippen LogP contribution < -0.4 is 0 Å². The van der Waals surface area contributed by atoms with Crippen molar-refractivity contribution in [3.63, 3.8) is 0 Å². The normalized spacial score (nSPS) is 14.7. The van der Waals surface area contributed by atoms with E-state index in [1.54, 1.807) is 0 Å². The maximum atomic E-state index is 2.53. The van der Waals surface area contributed by atoms with Crippen LogP contribution in [0, 0.1) is 10.8 Å². The van der Waals surface area contributed by atoms with Gasteiger partial charge >= 0.3 is 0 Å². The van der Waals surface area contributed by atoms with Crippen molar-refractivity contribution in [2.75, 3.05) is 0 Å². The van der Waals surface area contributed by atoms with Crippen molar-refractivity contribution in [3.05, 3.63) is 0 Å². The van der Waals surface area contributed by atoms with Crippen LogP contribution in [0.25, 0.3) is 0 Å². The zero-order chi connectivity index (χ0) is 14.7. The molecule has 1 unspecified atom stereocenters.